The van der Waals surface area contributed by atoms with Crippen molar-refractivity contribution in [2.75, 3.05) is 0 Å². The highest BCUT2D eigenvalue weighted by Gasteiger charge is 2.38. The highest BCUT2D eigenvalue weighted by molar-refractivity contribution is 5.31. The predicted molar refractivity (Wildman–Crippen MR) is 101 cm³/mol. The van der Waals surface area contributed by atoms with E-state index in [2.05, 4.69) is 19.1 Å². The Hall–Kier alpha value is -1.39. The molecule has 5 heteroatoms. The predicted octanol–water partition coefficient (Wildman–Crippen LogP) is 8.03. The third kappa shape index (κ3) is 5.15. The van der Waals surface area contributed by atoms with E-state index in [9.17, 15) is 22.0 Å². The van der Waals surface area contributed by atoms with Crippen LogP contribution >= 0.6 is 0 Å². The molecule has 0 N–H and O–H groups in total. The van der Waals surface area contributed by atoms with Gasteiger partial charge in [-0.2, -0.15) is 13.2 Å². The molecule has 2 aliphatic carbocycles. The average Bonchev–Trinajstić information content (AvgIpc) is 2.65. The number of hydrogen-bond donors (Lipinski definition) is 0. The summed E-state index contributed by atoms with van der Waals surface area (Å²) in [5.74, 6) is -1.08. The van der Waals surface area contributed by atoms with Crippen molar-refractivity contribution in [1.29, 1.82) is 0 Å². The van der Waals surface area contributed by atoms with Gasteiger partial charge in [0.15, 0.2) is 0 Å². The molecule has 0 aliphatic heterocycles. The van der Waals surface area contributed by atoms with Crippen LogP contribution in [0.3, 0.4) is 0 Å². The molecule has 0 bridgehead atoms. The summed E-state index contributed by atoms with van der Waals surface area (Å²) in [6.07, 6.45) is 9.39. The van der Waals surface area contributed by atoms with Crippen molar-refractivity contribution in [1.82, 2.24) is 0 Å². The van der Waals surface area contributed by atoms with Crippen LogP contribution in [0.1, 0.15) is 81.8 Å². The Morgan fingerprint density at radius 2 is 1.29 bits per heavy atom. The molecule has 156 valence electrons. The van der Waals surface area contributed by atoms with Gasteiger partial charge in [0.25, 0.3) is 0 Å². The highest BCUT2D eigenvalue weighted by atomic mass is 19.4. The minimum atomic E-state index is -5.01. The molecule has 0 radical (unpaired) electrons. The van der Waals surface area contributed by atoms with Gasteiger partial charge in [-0.15, -0.1) is 0 Å². The molecule has 0 amide bonds. The van der Waals surface area contributed by atoms with Crippen LogP contribution in [0, 0.1) is 29.4 Å². The lowest BCUT2D eigenvalue weighted by atomic mass is 9.77. The van der Waals surface area contributed by atoms with Crippen molar-refractivity contribution in [3.63, 3.8) is 0 Å². The molecule has 0 nitrogen and oxygen atoms in total. The fraction of sp³-hybridized carbons (Fsp3) is 0.652. The summed E-state index contributed by atoms with van der Waals surface area (Å²) in [6, 6.07) is 1.75. The Balaban J connectivity index is 1.55. The molecule has 0 heterocycles. The molecule has 2 saturated carbocycles. The number of halogens is 5. The molecule has 0 aromatic heterocycles. The smallest absolute Gasteiger partial charge is 0.206 e. The van der Waals surface area contributed by atoms with Gasteiger partial charge in [0.05, 0.1) is 0 Å². The summed E-state index contributed by atoms with van der Waals surface area (Å²) in [5, 5.41) is 0. The summed E-state index contributed by atoms with van der Waals surface area (Å²) in [7, 11) is 0. The molecule has 0 atom stereocenters. The molecule has 3 rings (SSSR count). The van der Waals surface area contributed by atoms with Crippen molar-refractivity contribution >= 4 is 0 Å². The van der Waals surface area contributed by atoms with Crippen molar-refractivity contribution in [3.8, 4) is 0 Å². The zero-order chi connectivity index (χ0) is 20.3. The van der Waals surface area contributed by atoms with Gasteiger partial charge in [0, 0.05) is 0 Å². The highest BCUT2D eigenvalue weighted by Crippen LogP contribution is 2.40. The molecule has 0 spiro atoms. The van der Waals surface area contributed by atoms with E-state index in [1.807, 2.05) is 0 Å². The van der Waals surface area contributed by atoms with E-state index in [0.29, 0.717) is 17.4 Å². The zero-order valence-electron chi connectivity index (χ0n) is 16.4. The Morgan fingerprint density at radius 3 is 1.71 bits per heavy atom. The van der Waals surface area contributed by atoms with Crippen LogP contribution in [-0.2, 0) is 6.18 Å². The standard InChI is InChI=1S/C23H29F5/c1-2-15-3-5-16(6-4-15)7-8-17-9-11-18(12-10-17)19-13-20(24)22(21(25)14-19)23(26,27)28/h7-8,13-18H,2-6,9-12H2,1H3/b8-7+. The monoisotopic (exact) mass is 400 g/mol. The van der Waals surface area contributed by atoms with Gasteiger partial charge in [-0.25, -0.2) is 8.78 Å². The van der Waals surface area contributed by atoms with Gasteiger partial charge < -0.3 is 0 Å². The van der Waals surface area contributed by atoms with Crippen LogP contribution in [-0.4, -0.2) is 0 Å². The van der Waals surface area contributed by atoms with E-state index in [1.165, 1.54) is 32.1 Å². The van der Waals surface area contributed by atoms with Crippen LogP contribution < -0.4 is 0 Å². The summed E-state index contributed by atoms with van der Waals surface area (Å²) < 4.78 is 65.9. The minimum Gasteiger partial charge on any atom is -0.206 e. The fourth-order valence-electron chi connectivity index (χ4n) is 4.85. The first kappa shape index (κ1) is 21.3. The molecular weight excluding hydrogens is 371 g/mol. The Labute approximate surface area is 164 Å². The Morgan fingerprint density at radius 1 is 0.821 bits per heavy atom. The first-order valence-electron chi connectivity index (χ1n) is 10.5. The Bertz CT molecular complexity index is 652. The van der Waals surface area contributed by atoms with Crippen LogP contribution in [0.4, 0.5) is 22.0 Å². The lowest BCUT2D eigenvalue weighted by Crippen LogP contribution is -2.16. The summed E-state index contributed by atoms with van der Waals surface area (Å²) in [4.78, 5) is 0. The molecule has 0 unspecified atom stereocenters. The number of allylic oxidation sites excluding steroid dienone is 2. The first-order chi connectivity index (χ1) is 13.3. The zero-order valence-corrected chi connectivity index (χ0v) is 16.4. The van der Waals surface area contributed by atoms with E-state index in [1.54, 1.807) is 0 Å². The second-order valence-corrected chi connectivity index (χ2v) is 8.54. The van der Waals surface area contributed by atoms with E-state index in [-0.39, 0.29) is 5.92 Å². The maximum Gasteiger partial charge on any atom is 0.422 e. The number of alkyl halides is 3. The fourth-order valence-corrected chi connectivity index (χ4v) is 4.85. The first-order valence-corrected chi connectivity index (χ1v) is 10.5. The van der Waals surface area contributed by atoms with Crippen molar-refractivity contribution in [2.24, 2.45) is 17.8 Å². The normalized spacial score (nSPS) is 29.4. The second-order valence-electron chi connectivity index (χ2n) is 8.54. The third-order valence-electron chi connectivity index (χ3n) is 6.72. The maximum atomic E-state index is 13.8. The number of rotatable bonds is 4. The quantitative estimate of drug-likeness (QED) is 0.354. The number of benzene rings is 1. The van der Waals surface area contributed by atoms with Crippen LogP contribution in [0.15, 0.2) is 24.3 Å². The van der Waals surface area contributed by atoms with Crippen LogP contribution in [0.2, 0.25) is 0 Å². The van der Waals surface area contributed by atoms with Crippen molar-refractivity contribution < 1.29 is 22.0 Å². The summed E-state index contributed by atoms with van der Waals surface area (Å²) >= 11 is 0. The molecule has 0 saturated heterocycles. The van der Waals surface area contributed by atoms with Crippen LogP contribution in [0.25, 0.3) is 0 Å². The molecule has 2 fully saturated rings. The van der Waals surface area contributed by atoms with Gasteiger partial charge in [0.2, 0.25) is 0 Å². The van der Waals surface area contributed by atoms with E-state index in [4.69, 9.17) is 0 Å². The molecule has 2 aliphatic rings. The lowest BCUT2D eigenvalue weighted by molar-refractivity contribution is -0.142. The minimum absolute atomic E-state index is 0.0732. The van der Waals surface area contributed by atoms with Gasteiger partial charge in [-0.05, 0) is 92.7 Å². The van der Waals surface area contributed by atoms with Gasteiger partial charge >= 0.3 is 6.18 Å². The second kappa shape index (κ2) is 8.96. The Kier molecular flexibility index (Phi) is 6.82. The van der Waals surface area contributed by atoms with Gasteiger partial charge in [-0.3, -0.25) is 0 Å². The largest absolute Gasteiger partial charge is 0.422 e. The third-order valence-corrected chi connectivity index (χ3v) is 6.72. The summed E-state index contributed by atoms with van der Waals surface area (Å²) in [5.41, 5.74) is -1.44. The van der Waals surface area contributed by atoms with E-state index in [0.717, 1.165) is 43.7 Å². The van der Waals surface area contributed by atoms with E-state index < -0.39 is 23.4 Å². The summed E-state index contributed by atoms with van der Waals surface area (Å²) in [6.45, 7) is 2.26. The average molecular weight is 400 g/mol. The van der Waals surface area contributed by atoms with Gasteiger partial charge in [0.1, 0.15) is 17.2 Å². The molecule has 1 aromatic carbocycles. The van der Waals surface area contributed by atoms with Crippen molar-refractivity contribution in [3.05, 3.63) is 47.0 Å². The molecule has 1 aromatic rings. The number of hydrogen-bond acceptors (Lipinski definition) is 0. The van der Waals surface area contributed by atoms with Crippen LogP contribution in [0.5, 0.6) is 0 Å². The van der Waals surface area contributed by atoms with Gasteiger partial charge in [-0.1, -0.05) is 25.5 Å². The lowest BCUT2D eigenvalue weighted by Gasteiger charge is -2.29. The van der Waals surface area contributed by atoms with Crippen molar-refractivity contribution in [2.45, 2.75) is 76.8 Å². The topological polar surface area (TPSA) is 0 Å². The maximum absolute atomic E-state index is 13.8. The molecule has 28 heavy (non-hydrogen) atoms. The van der Waals surface area contributed by atoms with E-state index >= 15 is 0 Å². The SMILES string of the molecule is CCC1CCC(/C=C/C2CCC(c3cc(F)c(C(F)(F)F)c(F)c3)CC2)CC1. The molecular formula is C23H29F5.